The normalized spacial score (nSPS) is 26.5. The van der Waals surface area contributed by atoms with Gasteiger partial charge in [0.05, 0.1) is 0 Å². The Hall–Kier alpha value is -1.03. The SMILES string of the molecule is O=C1OC(=C2CCCCC2)O[C@H]1CCO. The number of aliphatic hydroxyl groups excluding tert-OH is 1. The van der Waals surface area contributed by atoms with Crippen LogP contribution >= 0.6 is 0 Å². The predicted octanol–water partition coefficient (Wildman–Crippen LogP) is 1.49. The van der Waals surface area contributed by atoms with Gasteiger partial charge < -0.3 is 14.6 Å². The van der Waals surface area contributed by atoms with Gasteiger partial charge in [0.2, 0.25) is 6.10 Å². The van der Waals surface area contributed by atoms with Crippen LogP contribution in [0.4, 0.5) is 0 Å². The average Bonchev–Trinajstić information content (AvgIpc) is 2.63. The van der Waals surface area contributed by atoms with Gasteiger partial charge in [-0.3, -0.25) is 0 Å². The van der Waals surface area contributed by atoms with E-state index < -0.39 is 6.10 Å². The second-order valence-corrected chi connectivity index (χ2v) is 3.99. The molecule has 4 nitrogen and oxygen atoms in total. The van der Waals surface area contributed by atoms with E-state index in [0.29, 0.717) is 12.4 Å². The fourth-order valence-electron chi connectivity index (χ4n) is 1.99. The van der Waals surface area contributed by atoms with Gasteiger partial charge in [0.25, 0.3) is 5.95 Å². The second-order valence-electron chi connectivity index (χ2n) is 3.99. The Bertz CT molecular complexity index is 274. The van der Waals surface area contributed by atoms with E-state index in [2.05, 4.69) is 0 Å². The first-order chi connectivity index (χ1) is 7.31. The number of hydrogen-bond donors (Lipinski definition) is 1. The number of carbonyl (C=O) groups excluding carboxylic acids is 1. The standard InChI is InChI=1S/C11H16O4/c12-7-6-9-10(13)15-11(14-9)8-4-2-1-3-5-8/h9,12H,1-7H2/t9-/m0/s1. The molecule has 1 N–H and O–H groups in total. The summed E-state index contributed by atoms with van der Waals surface area (Å²) in [6, 6.07) is 0. The van der Waals surface area contributed by atoms with Gasteiger partial charge in [-0.15, -0.1) is 0 Å². The number of esters is 1. The molecule has 2 fully saturated rings. The van der Waals surface area contributed by atoms with E-state index >= 15 is 0 Å². The zero-order valence-corrected chi connectivity index (χ0v) is 8.70. The van der Waals surface area contributed by atoms with Crippen LogP contribution in [0.1, 0.15) is 38.5 Å². The van der Waals surface area contributed by atoms with Crippen molar-refractivity contribution in [2.24, 2.45) is 0 Å². The fourth-order valence-corrected chi connectivity index (χ4v) is 1.99. The summed E-state index contributed by atoms with van der Waals surface area (Å²) in [6.45, 7) is -0.0532. The van der Waals surface area contributed by atoms with Crippen LogP contribution in [-0.2, 0) is 14.3 Å². The number of aliphatic hydroxyl groups is 1. The molecule has 0 aromatic carbocycles. The highest BCUT2D eigenvalue weighted by Gasteiger charge is 2.33. The Labute approximate surface area is 88.9 Å². The van der Waals surface area contributed by atoms with Crippen molar-refractivity contribution in [2.75, 3.05) is 6.61 Å². The van der Waals surface area contributed by atoms with Gasteiger partial charge in [-0.2, -0.15) is 0 Å². The quantitative estimate of drug-likeness (QED) is 0.704. The molecule has 1 aliphatic carbocycles. The molecule has 4 heteroatoms. The smallest absolute Gasteiger partial charge is 0.355 e. The minimum atomic E-state index is -0.598. The highest BCUT2D eigenvalue weighted by molar-refractivity contribution is 5.77. The van der Waals surface area contributed by atoms with Crippen LogP contribution in [0.2, 0.25) is 0 Å². The van der Waals surface area contributed by atoms with E-state index in [4.69, 9.17) is 14.6 Å². The fraction of sp³-hybridized carbons (Fsp3) is 0.727. The molecular weight excluding hydrogens is 196 g/mol. The Kier molecular flexibility index (Phi) is 3.26. The second kappa shape index (κ2) is 4.66. The number of ether oxygens (including phenoxy) is 2. The Morgan fingerprint density at radius 1 is 1.27 bits per heavy atom. The maximum absolute atomic E-state index is 11.3. The number of rotatable bonds is 2. The molecule has 1 saturated carbocycles. The van der Waals surface area contributed by atoms with Crippen molar-refractivity contribution in [3.8, 4) is 0 Å². The number of carbonyl (C=O) groups is 1. The highest BCUT2D eigenvalue weighted by atomic mass is 16.7. The molecule has 1 saturated heterocycles. The number of cyclic esters (lactones) is 1. The van der Waals surface area contributed by atoms with Gasteiger partial charge in [-0.05, 0) is 25.7 Å². The van der Waals surface area contributed by atoms with Crippen molar-refractivity contribution in [2.45, 2.75) is 44.6 Å². The maximum atomic E-state index is 11.3. The van der Waals surface area contributed by atoms with Crippen LogP contribution in [0, 0.1) is 0 Å². The molecule has 2 rings (SSSR count). The summed E-state index contributed by atoms with van der Waals surface area (Å²) >= 11 is 0. The van der Waals surface area contributed by atoms with Gasteiger partial charge in [-0.1, -0.05) is 6.42 Å². The van der Waals surface area contributed by atoms with E-state index in [1.807, 2.05) is 0 Å². The van der Waals surface area contributed by atoms with Crippen molar-refractivity contribution in [3.63, 3.8) is 0 Å². The zero-order chi connectivity index (χ0) is 10.7. The lowest BCUT2D eigenvalue weighted by Gasteiger charge is -2.14. The Morgan fingerprint density at radius 3 is 2.67 bits per heavy atom. The molecule has 1 aliphatic heterocycles. The van der Waals surface area contributed by atoms with Crippen LogP contribution in [0.25, 0.3) is 0 Å². The first-order valence-corrected chi connectivity index (χ1v) is 5.52. The van der Waals surface area contributed by atoms with Crippen LogP contribution in [0.5, 0.6) is 0 Å². The van der Waals surface area contributed by atoms with Crippen molar-refractivity contribution < 1.29 is 19.4 Å². The minimum absolute atomic E-state index is 0.0532. The summed E-state index contributed by atoms with van der Waals surface area (Å²) < 4.78 is 10.5. The van der Waals surface area contributed by atoms with E-state index in [-0.39, 0.29) is 12.6 Å². The molecular formula is C11H16O4. The first kappa shape index (κ1) is 10.5. The molecule has 0 unspecified atom stereocenters. The molecule has 15 heavy (non-hydrogen) atoms. The molecule has 84 valence electrons. The van der Waals surface area contributed by atoms with E-state index in [0.717, 1.165) is 31.3 Å². The molecule has 0 aromatic rings. The molecule has 0 amide bonds. The molecule has 2 aliphatic rings. The molecule has 0 aromatic heterocycles. The summed E-state index contributed by atoms with van der Waals surface area (Å²) in [4.78, 5) is 11.3. The van der Waals surface area contributed by atoms with Crippen LogP contribution in [-0.4, -0.2) is 23.8 Å². The summed E-state index contributed by atoms with van der Waals surface area (Å²) in [7, 11) is 0. The third kappa shape index (κ3) is 2.31. The van der Waals surface area contributed by atoms with Crippen molar-refractivity contribution in [1.82, 2.24) is 0 Å². The van der Waals surface area contributed by atoms with Crippen molar-refractivity contribution in [1.29, 1.82) is 0 Å². The first-order valence-electron chi connectivity index (χ1n) is 5.52. The zero-order valence-electron chi connectivity index (χ0n) is 8.70. The van der Waals surface area contributed by atoms with Gasteiger partial charge in [-0.25, -0.2) is 4.79 Å². The van der Waals surface area contributed by atoms with Gasteiger partial charge in [0.1, 0.15) is 0 Å². The summed E-state index contributed by atoms with van der Waals surface area (Å²) in [5.41, 5.74) is 1.12. The van der Waals surface area contributed by atoms with Gasteiger partial charge in [0.15, 0.2) is 0 Å². The van der Waals surface area contributed by atoms with Gasteiger partial charge >= 0.3 is 5.97 Å². The van der Waals surface area contributed by atoms with Crippen molar-refractivity contribution >= 4 is 5.97 Å². The average molecular weight is 212 g/mol. The van der Waals surface area contributed by atoms with E-state index in [1.165, 1.54) is 6.42 Å². The van der Waals surface area contributed by atoms with Crippen molar-refractivity contribution in [3.05, 3.63) is 11.5 Å². The third-order valence-electron chi connectivity index (χ3n) is 2.84. The van der Waals surface area contributed by atoms with Crippen LogP contribution in [0.15, 0.2) is 11.5 Å². The lowest BCUT2D eigenvalue weighted by atomic mass is 9.96. The summed E-state index contributed by atoms with van der Waals surface area (Å²) in [5, 5.41) is 8.74. The number of hydrogen-bond acceptors (Lipinski definition) is 4. The molecule has 1 atom stereocenters. The summed E-state index contributed by atoms with van der Waals surface area (Å²) in [6.07, 6.45) is 5.18. The Balaban J connectivity index is 2.03. The largest absolute Gasteiger partial charge is 0.450 e. The number of allylic oxidation sites excluding steroid dienone is 1. The topological polar surface area (TPSA) is 55.8 Å². The summed E-state index contributed by atoms with van der Waals surface area (Å²) in [5.74, 6) is 0.0512. The molecule has 0 radical (unpaired) electrons. The van der Waals surface area contributed by atoms with Crippen LogP contribution in [0.3, 0.4) is 0 Å². The molecule has 1 heterocycles. The molecule has 0 spiro atoms. The highest BCUT2D eigenvalue weighted by Crippen LogP contribution is 2.30. The Morgan fingerprint density at radius 2 is 2.00 bits per heavy atom. The third-order valence-corrected chi connectivity index (χ3v) is 2.84. The molecule has 0 bridgehead atoms. The van der Waals surface area contributed by atoms with E-state index in [1.54, 1.807) is 0 Å². The van der Waals surface area contributed by atoms with E-state index in [9.17, 15) is 4.79 Å². The van der Waals surface area contributed by atoms with Gasteiger partial charge in [0, 0.05) is 18.6 Å². The van der Waals surface area contributed by atoms with Crippen LogP contribution < -0.4 is 0 Å². The predicted molar refractivity (Wildman–Crippen MR) is 52.8 cm³/mol. The maximum Gasteiger partial charge on any atom is 0.355 e. The monoisotopic (exact) mass is 212 g/mol. The minimum Gasteiger partial charge on any atom is -0.450 e. The lowest BCUT2D eigenvalue weighted by Crippen LogP contribution is -2.17. The lowest BCUT2D eigenvalue weighted by molar-refractivity contribution is -0.137.